The van der Waals surface area contributed by atoms with E-state index in [0.29, 0.717) is 51.4 Å². The van der Waals surface area contributed by atoms with Crippen LogP contribution in [0.2, 0.25) is 0 Å². The minimum Gasteiger partial charge on any atom is -0.445 e. The van der Waals surface area contributed by atoms with Crippen LogP contribution in [0.5, 0.6) is 0 Å². The van der Waals surface area contributed by atoms with Crippen LogP contribution < -0.4 is 5.32 Å². The average molecular weight is 544 g/mol. The van der Waals surface area contributed by atoms with Gasteiger partial charge in [-0.15, -0.1) is 0 Å². The second-order valence-electron chi connectivity index (χ2n) is 8.80. The van der Waals surface area contributed by atoms with Crippen LogP contribution in [0.1, 0.15) is 75.6 Å². The molecule has 9 nitrogen and oxygen atoms in total. The van der Waals surface area contributed by atoms with Crippen molar-refractivity contribution in [3.8, 4) is 0 Å². The zero-order valence-corrected chi connectivity index (χ0v) is 23.5. The number of rotatable bonds is 22. The van der Waals surface area contributed by atoms with Crippen LogP contribution in [0.25, 0.3) is 0 Å². The molecule has 0 saturated carbocycles. The highest BCUT2D eigenvalue weighted by Crippen LogP contribution is 2.19. The van der Waals surface area contributed by atoms with Gasteiger partial charge >= 0.3 is 6.09 Å². The molecule has 0 saturated heterocycles. The topological polar surface area (TPSA) is 117 Å². The van der Waals surface area contributed by atoms with E-state index in [4.69, 9.17) is 18.9 Å². The first-order chi connectivity index (χ1) is 17.8. The fourth-order valence-electron chi connectivity index (χ4n) is 3.55. The SMILES string of the molecule is CCCCCCC(CS(=O)(=O)c1cccc(C(=O)CCCOCCOCCOCCC)c1)OC(=O)NC. The summed E-state index contributed by atoms with van der Waals surface area (Å²) in [7, 11) is -2.33. The van der Waals surface area contributed by atoms with Gasteiger partial charge in [0.15, 0.2) is 15.6 Å². The van der Waals surface area contributed by atoms with Gasteiger partial charge in [-0.3, -0.25) is 4.79 Å². The molecule has 212 valence electrons. The molecule has 1 rings (SSSR count). The van der Waals surface area contributed by atoms with Gasteiger partial charge in [-0.05, 0) is 37.8 Å². The number of sulfone groups is 1. The molecule has 37 heavy (non-hydrogen) atoms. The molecular weight excluding hydrogens is 498 g/mol. The standard InChI is InChI=1S/C27H45NO8S/c1-4-6-7-8-12-24(36-27(30)28-3)22-37(31,32)25-13-9-11-23(21-25)26(29)14-10-16-34-18-20-35-19-17-33-15-5-2/h9,11,13,21,24H,4-8,10,12,14-20,22H2,1-3H3,(H,28,30). The third-order valence-corrected chi connectivity index (χ3v) is 7.35. The van der Waals surface area contributed by atoms with E-state index in [0.717, 1.165) is 38.7 Å². The number of hydrogen-bond donors (Lipinski definition) is 1. The summed E-state index contributed by atoms with van der Waals surface area (Å²) >= 11 is 0. The number of nitrogens with one attached hydrogen (secondary N) is 1. The molecule has 0 bridgehead atoms. The summed E-state index contributed by atoms with van der Waals surface area (Å²) in [5.74, 6) is -0.479. The van der Waals surface area contributed by atoms with Crippen molar-refractivity contribution in [2.75, 3.05) is 52.4 Å². The Balaban J connectivity index is 2.53. The number of carbonyl (C=O) groups excluding carboxylic acids is 2. The van der Waals surface area contributed by atoms with E-state index in [9.17, 15) is 18.0 Å². The van der Waals surface area contributed by atoms with Crippen molar-refractivity contribution in [2.24, 2.45) is 0 Å². The summed E-state index contributed by atoms with van der Waals surface area (Å²) in [5, 5.41) is 2.37. The summed E-state index contributed by atoms with van der Waals surface area (Å²) < 4.78 is 47.7. The number of unbranched alkanes of at least 4 members (excludes halogenated alkanes) is 3. The third-order valence-electron chi connectivity index (χ3n) is 5.56. The lowest BCUT2D eigenvalue weighted by molar-refractivity contribution is 0.0141. The van der Waals surface area contributed by atoms with E-state index >= 15 is 0 Å². The fourth-order valence-corrected chi connectivity index (χ4v) is 5.06. The molecule has 0 fully saturated rings. The highest BCUT2D eigenvalue weighted by Gasteiger charge is 2.25. The third kappa shape index (κ3) is 15.1. The number of ether oxygens (including phenoxy) is 4. The van der Waals surface area contributed by atoms with Crippen molar-refractivity contribution in [2.45, 2.75) is 76.2 Å². The summed E-state index contributed by atoms with van der Waals surface area (Å²) in [4.78, 5) is 24.4. The highest BCUT2D eigenvalue weighted by atomic mass is 32.2. The Morgan fingerprint density at radius 1 is 0.865 bits per heavy atom. The number of alkyl carbamates (subject to hydrolysis) is 1. The minimum absolute atomic E-state index is 0.0497. The van der Waals surface area contributed by atoms with E-state index < -0.39 is 22.0 Å². The maximum Gasteiger partial charge on any atom is 0.407 e. The van der Waals surface area contributed by atoms with Gasteiger partial charge in [0, 0.05) is 32.2 Å². The second-order valence-corrected chi connectivity index (χ2v) is 10.8. The molecule has 0 radical (unpaired) electrons. The van der Waals surface area contributed by atoms with Gasteiger partial charge in [-0.25, -0.2) is 13.2 Å². The Bertz CT molecular complexity index is 875. The number of hydrogen-bond acceptors (Lipinski definition) is 8. The Hall–Kier alpha value is -2.01. The van der Waals surface area contributed by atoms with Crippen LogP contribution in [0, 0.1) is 0 Å². The number of Topliss-reactive ketones (excluding diaryl/α,β-unsaturated/α-hetero) is 1. The quantitative estimate of drug-likeness (QED) is 0.167. The van der Waals surface area contributed by atoms with E-state index in [1.807, 2.05) is 0 Å². The van der Waals surface area contributed by atoms with Crippen molar-refractivity contribution in [3.63, 3.8) is 0 Å². The average Bonchev–Trinajstić information content (AvgIpc) is 2.89. The molecule has 0 heterocycles. The van der Waals surface area contributed by atoms with Crippen LogP contribution in [0.3, 0.4) is 0 Å². The van der Waals surface area contributed by atoms with Gasteiger partial charge in [0.25, 0.3) is 0 Å². The Morgan fingerprint density at radius 3 is 2.19 bits per heavy atom. The molecule has 1 aromatic rings. The normalized spacial score (nSPS) is 12.3. The maximum absolute atomic E-state index is 13.1. The molecule has 0 aliphatic rings. The predicted molar refractivity (Wildman–Crippen MR) is 143 cm³/mol. The highest BCUT2D eigenvalue weighted by molar-refractivity contribution is 7.91. The number of benzene rings is 1. The number of ketones is 1. The molecule has 1 unspecified atom stereocenters. The van der Waals surface area contributed by atoms with Crippen LogP contribution in [0.4, 0.5) is 4.79 Å². The molecule has 10 heteroatoms. The molecule has 1 aromatic carbocycles. The maximum atomic E-state index is 13.1. The number of amides is 1. The molecule has 0 aromatic heterocycles. The Morgan fingerprint density at radius 2 is 1.54 bits per heavy atom. The fraction of sp³-hybridized carbons (Fsp3) is 0.704. The zero-order chi connectivity index (χ0) is 27.4. The molecule has 1 amide bonds. The van der Waals surface area contributed by atoms with Gasteiger partial charge in [0.1, 0.15) is 6.10 Å². The van der Waals surface area contributed by atoms with Crippen LogP contribution >= 0.6 is 0 Å². The van der Waals surface area contributed by atoms with Crippen molar-refractivity contribution >= 4 is 21.7 Å². The van der Waals surface area contributed by atoms with Gasteiger partial charge < -0.3 is 24.3 Å². The summed E-state index contributed by atoms with van der Waals surface area (Å²) in [6, 6.07) is 6.05. The van der Waals surface area contributed by atoms with Gasteiger partial charge in [0.05, 0.1) is 37.1 Å². The first-order valence-electron chi connectivity index (χ1n) is 13.3. The Kier molecular flexibility index (Phi) is 17.9. The first kappa shape index (κ1) is 33.0. The van der Waals surface area contributed by atoms with Crippen LogP contribution in [-0.4, -0.2) is 78.8 Å². The van der Waals surface area contributed by atoms with Crippen molar-refractivity contribution in [3.05, 3.63) is 29.8 Å². The lowest BCUT2D eigenvalue weighted by Gasteiger charge is -2.18. The lowest BCUT2D eigenvalue weighted by atomic mass is 10.1. The van der Waals surface area contributed by atoms with E-state index in [1.165, 1.54) is 19.2 Å². The molecule has 1 N–H and O–H groups in total. The molecule has 0 spiro atoms. The second kappa shape index (κ2) is 20.0. The molecule has 0 aliphatic heterocycles. The van der Waals surface area contributed by atoms with Crippen molar-refractivity contribution in [1.82, 2.24) is 5.32 Å². The van der Waals surface area contributed by atoms with Gasteiger partial charge in [-0.1, -0.05) is 45.2 Å². The van der Waals surface area contributed by atoms with Crippen LogP contribution in [-0.2, 0) is 28.8 Å². The molecule has 0 aliphatic carbocycles. The summed E-state index contributed by atoms with van der Waals surface area (Å²) in [6.45, 7) is 7.28. The summed E-state index contributed by atoms with van der Waals surface area (Å²) in [6.07, 6.45) is 4.60. The monoisotopic (exact) mass is 543 g/mol. The number of carbonyl (C=O) groups is 2. The predicted octanol–water partition coefficient (Wildman–Crippen LogP) is 4.58. The summed E-state index contributed by atoms with van der Waals surface area (Å²) in [5.41, 5.74) is 0.336. The Labute approximate surface area is 222 Å². The van der Waals surface area contributed by atoms with Crippen molar-refractivity contribution in [1.29, 1.82) is 0 Å². The molecule has 1 atom stereocenters. The smallest absolute Gasteiger partial charge is 0.407 e. The largest absolute Gasteiger partial charge is 0.445 e. The van der Waals surface area contributed by atoms with Gasteiger partial charge in [0.2, 0.25) is 0 Å². The lowest BCUT2D eigenvalue weighted by Crippen LogP contribution is -2.31. The van der Waals surface area contributed by atoms with E-state index in [1.54, 1.807) is 12.1 Å². The van der Waals surface area contributed by atoms with Crippen LogP contribution in [0.15, 0.2) is 29.2 Å². The molecular formula is C27H45NO8S. The van der Waals surface area contributed by atoms with Gasteiger partial charge in [-0.2, -0.15) is 0 Å². The van der Waals surface area contributed by atoms with Crippen molar-refractivity contribution < 1.29 is 37.0 Å². The zero-order valence-electron chi connectivity index (χ0n) is 22.7. The first-order valence-corrected chi connectivity index (χ1v) is 15.0. The van der Waals surface area contributed by atoms with E-state index in [-0.39, 0.29) is 22.9 Å². The van der Waals surface area contributed by atoms with E-state index in [2.05, 4.69) is 19.2 Å². The minimum atomic E-state index is -3.76.